The zero-order valence-electron chi connectivity index (χ0n) is 21.0. The van der Waals surface area contributed by atoms with Crippen LogP contribution in [0.15, 0.2) is 43.0 Å². The Bertz CT molecular complexity index is 1260. The molecule has 12 heteroatoms. The predicted octanol–water partition coefficient (Wildman–Crippen LogP) is 2.71. The molecule has 12 nitrogen and oxygen atoms in total. The summed E-state index contributed by atoms with van der Waals surface area (Å²) in [5.41, 5.74) is 1.99. The SMILES string of the molecule is CCC(Nc1ncnc2c1ncn2C1OC(COC(C)=O)C(OC(C)=O)C1OC(C)=O)c1ccccc1. The first-order chi connectivity index (χ1) is 17.8. The van der Waals surface area contributed by atoms with Crippen molar-refractivity contribution in [3.05, 3.63) is 48.5 Å². The van der Waals surface area contributed by atoms with Gasteiger partial charge in [-0.15, -0.1) is 0 Å². The van der Waals surface area contributed by atoms with Crippen LogP contribution in [0.3, 0.4) is 0 Å². The first-order valence-corrected chi connectivity index (χ1v) is 11.9. The normalized spacial score (nSPS) is 21.8. The van der Waals surface area contributed by atoms with Gasteiger partial charge in [0.15, 0.2) is 35.4 Å². The first kappa shape index (κ1) is 26.0. The Morgan fingerprint density at radius 3 is 2.35 bits per heavy atom. The maximum absolute atomic E-state index is 12.0. The molecule has 1 aromatic carbocycles. The third-order valence-corrected chi connectivity index (χ3v) is 5.89. The molecule has 1 aliphatic rings. The van der Waals surface area contributed by atoms with Crippen LogP contribution >= 0.6 is 0 Å². The Morgan fingerprint density at radius 1 is 1.00 bits per heavy atom. The van der Waals surface area contributed by atoms with Gasteiger partial charge in [0, 0.05) is 20.8 Å². The van der Waals surface area contributed by atoms with Gasteiger partial charge in [0.2, 0.25) is 0 Å². The highest BCUT2D eigenvalue weighted by Crippen LogP contribution is 2.36. The van der Waals surface area contributed by atoms with Crippen molar-refractivity contribution in [1.82, 2.24) is 19.5 Å². The van der Waals surface area contributed by atoms with Gasteiger partial charge >= 0.3 is 17.9 Å². The second-order valence-corrected chi connectivity index (χ2v) is 8.58. The number of fused-ring (bicyclic) bond motifs is 1. The van der Waals surface area contributed by atoms with Crippen molar-refractivity contribution in [2.24, 2.45) is 0 Å². The fourth-order valence-electron chi connectivity index (χ4n) is 4.33. The number of hydrogen-bond acceptors (Lipinski definition) is 11. The lowest BCUT2D eigenvalue weighted by molar-refractivity contribution is -0.166. The minimum Gasteiger partial charge on any atom is -0.463 e. The van der Waals surface area contributed by atoms with Crippen LogP contribution in [0, 0.1) is 0 Å². The molecule has 0 saturated carbocycles. The van der Waals surface area contributed by atoms with E-state index in [2.05, 4.69) is 27.2 Å². The molecule has 1 N–H and O–H groups in total. The molecule has 5 atom stereocenters. The Balaban J connectivity index is 1.69. The molecule has 0 amide bonds. The highest BCUT2D eigenvalue weighted by atomic mass is 16.7. The second kappa shape index (κ2) is 11.3. The summed E-state index contributed by atoms with van der Waals surface area (Å²) in [6.45, 7) is 5.59. The van der Waals surface area contributed by atoms with Crippen LogP contribution in [0.1, 0.15) is 51.9 Å². The standard InChI is InChI=1S/C25H29N5O7/c1-5-18(17-9-7-6-8-10-17)29-23-20-24(27-12-26-23)30(13-28-20)25-22(36-16(4)33)21(35-15(3)32)19(37-25)11-34-14(2)31/h6-10,12-13,18-19,21-22,25H,5,11H2,1-4H3,(H,26,27,29). The van der Waals surface area contributed by atoms with E-state index in [0.29, 0.717) is 17.0 Å². The Hall–Kier alpha value is -4.06. The monoisotopic (exact) mass is 511 g/mol. The third-order valence-electron chi connectivity index (χ3n) is 5.89. The smallest absolute Gasteiger partial charge is 0.303 e. The molecule has 1 aliphatic heterocycles. The summed E-state index contributed by atoms with van der Waals surface area (Å²) in [4.78, 5) is 48.5. The molecule has 196 valence electrons. The minimum atomic E-state index is -1.04. The largest absolute Gasteiger partial charge is 0.463 e. The fourth-order valence-corrected chi connectivity index (χ4v) is 4.33. The number of imidazole rings is 1. The predicted molar refractivity (Wildman–Crippen MR) is 130 cm³/mol. The van der Waals surface area contributed by atoms with Gasteiger partial charge in [-0.1, -0.05) is 37.3 Å². The lowest BCUT2D eigenvalue weighted by atomic mass is 10.0. The number of aromatic nitrogens is 4. The van der Waals surface area contributed by atoms with E-state index in [1.165, 1.54) is 33.4 Å². The average Bonchev–Trinajstić information content (AvgIpc) is 3.43. The van der Waals surface area contributed by atoms with E-state index in [1.54, 1.807) is 4.57 Å². The summed E-state index contributed by atoms with van der Waals surface area (Å²) in [7, 11) is 0. The van der Waals surface area contributed by atoms with E-state index >= 15 is 0 Å². The number of carbonyl (C=O) groups excluding carboxylic acids is 3. The summed E-state index contributed by atoms with van der Waals surface area (Å²) in [6.07, 6.45) is -0.217. The topological polar surface area (TPSA) is 144 Å². The fraction of sp³-hybridized carbons (Fsp3) is 0.440. The number of esters is 3. The van der Waals surface area contributed by atoms with E-state index in [4.69, 9.17) is 18.9 Å². The van der Waals surface area contributed by atoms with Crippen LogP contribution in [0.4, 0.5) is 5.82 Å². The van der Waals surface area contributed by atoms with Crippen LogP contribution in [-0.4, -0.2) is 62.3 Å². The van der Waals surface area contributed by atoms with Crippen molar-refractivity contribution < 1.29 is 33.3 Å². The van der Waals surface area contributed by atoms with Gasteiger partial charge in [-0.25, -0.2) is 15.0 Å². The van der Waals surface area contributed by atoms with E-state index in [9.17, 15) is 14.4 Å². The molecular weight excluding hydrogens is 482 g/mol. The highest BCUT2D eigenvalue weighted by molar-refractivity contribution is 5.83. The van der Waals surface area contributed by atoms with E-state index < -0.39 is 42.4 Å². The molecular formula is C25H29N5O7. The van der Waals surface area contributed by atoms with Crippen molar-refractivity contribution in [2.45, 2.75) is 64.7 Å². The van der Waals surface area contributed by atoms with Gasteiger partial charge in [-0.2, -0.15) is 0 Å². The molecule has 0 bridgehead atoms. The zero-order chi connectivity index (χ0) is 26.5. The summed E-state index contributed by atoms with van der Waals surface area (Å²) in [6, 6.07) is 9.96. The molecule has 0 radical (unpaired) electrons. The number of ether oxygens (including phenoxy) is 4. The zero-order valence-corrected chi connectivity index (χ0v) is 21.0. The van der Waals surface area contributed by atoms with E-state index in [-0.39, 0.29) is 12.6 Å². The number of rotatable bonds is 9. The number of hydrogen-bond donors (Lipinski definition) is 1. The quantitative estimate of drug-likeness (QED) is 0.334. The Kier molecular flexibility index (Phi) is 7.97. The van der Waals surface area contributed by atoms with Crippen LogP contribution in [0.25, 0.3) is 11.2 Å². The van der Waals surface area contributed by atoms with Crippen molar-refractivity contribution in [3.63, 3.8) is 0 Å². The van der Waals surface area contributed by atoms with Gasteiger partial charge < -0.3 is 24.3 Å². The minimum absolute atomic E-state index is 0.0116. The molecule has 1 saturated heterocycles. The lowest BCUT2D eigenvalue weighted by Gasteiger charge is -2.23. The molecule has 5 unspecified atom stereocenters. The maximum Gasteiger partial charge on any atom is 0.303 e. The number of nitrogens with one attached hydrogen (secondary N) is 1. The molecule has 2 aromatic heterocycles. The molecule has 0 aliphatic carbocycles. The van der Waals surface area contributed by atoms with E-state index in [0.717, 1.165) is 12.0 Å². The van der Waals surface area contributed by atoms with Crippen LogP contribution in [0.5, 0.6) is 0 Å². The van der Waals surface area contributed by atoms with Gasteiger partial charge in [0.1, 0.15) is 19.0 Å². The molecule has 1 fully saturated rings. The number of anilines is 1. The number of carbonyl (C=O) groups is 3. The number of nitrogens with zero attached hydrogens (tertiary/aromatic N) is 4. The summed E-state index contributed by atoms with van der Waals surface area (Å²) in [5.74, 6) is -1.21. The summed E-state index contributed by atoms with van der Waals surface area (Å²) >= 11 is 0. The van der Waals surface area contributed by atoms with Crippen molar-refractivity contribution in [1.29, 1.82) is 0 Å². The molecule has 3 aromatic rings. The van der Waals surface area contributed by atoms with Crippen LogP contribution < -0.4 is 5.32 Å². The van der Waals surface area contributed by atoms with Crippen molar-refractivity contribution >= 4 is 34.9 Å². The lowest BCUT2D eigenvalue weighted by Crippen LogP contribution is -2.40. The van der Waals surface area contributed by atoms with Gasteiger partial charge in [0.25, 0.3) is 0 Å². The molecule has 37 heavy (non-hydrogen) atoms. The Labute approximate surface area is 213 Å². The van der Waals surface area contributed by atoms with Gasteiger partial charge in [-0.05, 0) is 12.0 Å². The Morgan fingerprint density at radius 2 is 1.70 bits per heavy atom. The first-order valence-electron chi connectivity index (χ1n) is 11.9. The third kappa shape index (κ3) is 5.85. The molecule has 4 rings (SSSR count). The van der Waals surface area contributed by atoms with Crippen molar-refractivity contribution in [2.75, 3.05) is 11.9 Å². The molecule has 3 heterocycles. The van der Waals surface area contributed by atoms with Crippen LogP contribution in [-0.2, 0) is 33.3 Å². The highest BCUT2D eigenvalue weighted by Gasteiger charge is 2.51. The van der Waals surface area contributed by atoms with Crippen LogP contribution in [0.2, 0.25) is 0 Å². The van der Waals surface area contributed by atoms with Gasteiger partial charge in [-0.3, -0.25) is 19.0 Å². The second-order valence-electron chi connectivity index (χ2n) is 8.58. The van der Waals surface area contributed by atoms with Gasteiger partial charge in [0.05, 0.1) is 12.4 Å². The van der Waals surface area contributed by atoms with E-state index in [1.807, 2.05) is 30.3 Å². The average molecular weight is 512 g/mol. The maximum atomic E-state index is 12.0. The summed E-state index contributed by atoms with van der Waals surface area (Å²) in [5, 5.41) is 3.43. The summed E-state index contributed by atoms with van der Waals surface area (Å²) < 4.78 is 23.8. The molecule has 0 spiro atoms. The number of benzene rings is 1. The van der Waals surface area contributed by atoms with Crippen molar-refractivity contribution in [3.8, 4) is 0 Å².